The Morgan fingerprint density at radius 2 is 2.05 bits per heavy atom. The monoisotopic (exact) mass is 284 g/mol. The first-order valence-electron chi connectivity index (χ1n) is 5.55. The Morgan fingerprint density at radius 1 is 1.30 bits per heavy atom. The van der Waals surface area contributed by atoms with Crippen LogP contribution in [-0.4, -0.2) is 9.97 Å². The average Bonchev–Trinajstić information content (AvgIpc) is 2.41. The van der Waals surface area contributed by atoms with Crippen LogP contribution in [-0.2, 0) is 6.18 Å². The molecule has 0 unspecified atom stereocenters. The van der Waals surface area contributed by atoms with E-state index in [1.807, 2.05) is 0 Å². The molecule has 0 saturated heterocycles. The van der Waals surface area contributed by atoms with Gasteiger partial charge < -0.3 is 4.74 Å². The fourth-order valence-electron chi connectivity index (χ4n) is 1.45. The molecule has 1 aromatic carbocycles. The minimum absolute atomic E-state index is 0.0320. The topological polar surface area (TPSA) is 73.1 Å². The maximum atomic E-state index is 12.6. The molecule has 0 aliphatic heterocycles. The van der Waals surface area contributed by atoms with E-state index in [1.165, 1.54) is 18.3 Å². The van der Waals surface area contributed by atoms with Crippen molar-refractivity contribution < 1.29 is 17.9 Å². The molecular formula is C12H11F3N4O. The normalized spacial score (nSPS) is 11.2. The van der Waals surface area contributed by atoms with Gasteiger partial charge in [-0.15, -0.1) is 0 Å². The van der Waals surface area contributed by atoms with Gasteiger partial charge in [-0.2, -0.15) is 18.2 Å². The van der Waals surface area contributed by atoms with Gasteiger partial charge in [-0.05, 0) is 25.1 Å². The molecule has 2 rings (SSSR count). The first kappa shape index (κ1) is 14.1. The summed E-state index contributed by atoms with van der Waals surface area (Å²) < 4.78 is 43.1. The van der Waals surface area contributed by atoms with Crippen LogP contribution < -0.4 is 16.0 Å². The molecule has 106 valence electrons. The Bertz CT molecular complexity index is 616. The quantitative estimate of drug-likeness (QED) is 0.669. The number of nitrogens with zero attached hydrogens (tertiary/aromatic N) is 2. The standard InChI is InChI=1S/C12H11F3N4O/c1-7-6-17-11(19-16)18-10(7)20-9-4-2-3-8(5-9)12(13,14)15/h2-6H,16H2,1H3,(H,17,18,19). The third kappa shape index (κ3) is 3.15. The summed E-state index contributed by atoms with van der Waals surface area (Å²) in [5, 5.41) is 0. The maximum Gasteiger partial charge on any atom is 0.416 e. The van der Waals surface area contributed by atoms with Crippen molar-refractivity contribution in [1.29, 1.82) is 0 Å². The SMILES string of the molecule is Cc1cnc(NN)nc1Oc1cccc(C(F)(F)F)c1. The molecule has 0 atom stereocenters. The molecule has 0 aliphatic rings. The van der Waals surface area contributed by atoms with E-state index < -0.39 is 11.7 Å². The summed E-state index contributed by atoms with van der Waals surface area (Å²) in [5.74, 6) is 5.44. The zero-order valence-corrected chi connectivity index (χ0v) is 10.4. The van der Waals surface area contributed by atoms with Gasteiger partial charge in [0.05, 0.1) is 5.56 Å². The Balaban J connectivity index is 2.30. The lowest BCUT2D eigenvalue weighted by Gasteiger charge is -2.11. The third-order valence-corrected chi connectivity index (χ3v) is 2.43. The Kier molecular flexibility index (Phi) is 3.75. The highest BCUT2D eigenvalue weighted by Crippen LogP contribution is 2.32. The highest BCUT2D eigenvalue weighted by molar-refractivity contribution is 5.37. The van der Waals surface area contributed by atoms with Crippen LogP contribution in [0.25, 0.3) is 0 Å². The molecule has 0 fully saturated rings. The molecule has 0 saturated carbocycles. The van der Waals surface area contributed by atoms with Crippen molar-refractivity contribution in [2.75, 3.05) is 5.43 Å². The van der Waals surface area contributed by atoms with E-state index in [0.717, 1.165) is 12.1 Å². The third-order valence-electron chi connectivity index (χ3n) is 2.43. The molecule has 0 aliphatic carbocycles. The molecule has 3 N–H and O–H groups in total. The first-order chi connectivity index (χ1) is 9.40. The summed E-state index contributed by atoms with van der Waals surface area (Å²) in [4.78, 5) is 7.78. The van der Waals surface area contributed by atoms with E-state index in [-0.39, 0.29) is 17.6 Å². The Labute approximate surface area is 112 Å². The number of hydrazine groups is 1. The van der Waals surface area contributed by atoms with E-state index in [4.69, 9.17) is 10.6 Å². The smallest absolute Gasteiger partial charge is 0.416 e. The number of nitrogens with one attached hydrogen (secondary N) is 1. The minimum atomic E-state index is -4.43. The number of ether oxygens (including phenoxy) is 1. The molecular weight excluding hydrogens is 273 g/mol. The van der Waals surface area contributed by atoms with Gasteiger partial charge in [-0.1, -0.05) is 6.07 Å². The lowest BCUT2D eigenvalue weighted by Crippen LogP contribution is -2.11. The number of hydrogen-bond acceptors (Lipinski definition) is 5. The summed E-state index contributed by atoms with van der Waals surface area (Å²) in [5.41, 5.74) is 2.01. The lowest BCUT2D eigenvalue weighted by atomic mass is 10.2. The van der Waals surface area contributed by atoms with E-state index in [1.54, 1.807) is 6.92 Å². The van der Waals surface area contributed by atoms with Gasteiger partial charge >= 0.3 is 6.18 Å². The molecule has 0 bridgehead atoms. The molecule has 1 aromatic heterocycles. The van der Waals surface area contributed by atoms with Gasteiger partial charge in [0.1, 0.15) is 5.75 Å². The Morgan fingerprint density at radius 3 is 2.70 bits per heavy atom. The highest BCUT2D eigenvalue weighted by atomic mass is 19.4. The fraction of sp³-hybridized carbons (Fsp3) is 0.167. The van der Waals surface area contributed by atoms with Crippen molar-refractivity contribution in [1.82, 2.24) is 9.97 Å². The summed E-state index contributed by atoms with van der Waals surface area (Å²) in [6, 6.07) is 4.53. The summed E-state index contributed by atoms with van der Waals surface area (Å²) in [6.07, 6.45) is -2.98. The molecule has 20 heavy (non-hydrogen) atoms. The Hall–Kier alpha value is -2.35. The van der Waals surface area contributed by atoms with Gasteiger partial charge in [0.25, 0.3) is 0 Å². The van der Waals surface area contributed by atoms with Gasteiger partial charge in [-0.25, -0.2) is 10.8 Å². The second-order valence-electron chi connectivity index (χ2n) is 3.95. The average molecular weight is 284 g/mol. The molecule has 0 radical (unpaired) electrons. The van der Waals surface area contributed by atoms with Crippen molar-refractivity contribution in [3.63, 3.8) is 0 Å². The van der Waals surface area contributed by atoms with Gasteiger partial charge in [0.15, 0.2) is 0 Å². The number of nitrogens with two attached hydrogens (primary N) is 1. The number of alkyl halides is 3. The van der Waals surface area contributed by atoms with Crippen LogP contribution in [0.1, 0.15) is 11.1 Å². The number of aromatic nitrogens is 2. The first-order valence-corrected chi connectivity index (χ1v) is 5.55. The highest BCUT2D eigenvalue weighted by Gasteiger charge is 2.30. The number of rotatable bonds is 3. The van der Waals surface area contributed by atoms with E-state index in [2.05, 4.69) is 15.4 Å². The van der Waals surface area contributed by atoms with Gasteiger partial charge in [0, 0.05) is 11.8 Å². The molecule has 1 heterocycles. The van der Waals surface area contributed by atoms with Gasteiger partial charge in [-0.3, -0.25) is 5.43 Å². The number of hydrogen-bond donors (Lipinski definition) is 2. The second kappa shape index (κ2) is 5.33. The fourth-order valence-corrected chi connectivity index (χ4v) is 1.45. The molecule has 2 aromatic rings. The minimum Gasteiger partial charge on any atom is -0.439 e. The van der Waals surface area contributed by atoms with E-state index in [0.29, 0.717) is 5.56 Å². The van der Waals surface area contributed by atoms with E-state index >= 15 is 0 Å². The maximum absolute atomic E-state index is 12.6. The summed E-state index contributed by atoms with van der Waals surface area (Å²) >= 11 is 0. The zero-order chi connectivity index (χ0) is 14.8. The number of benzene rings is 1. The van der Waals surface area contributed by atoms with Crippen LogP contribution in [0, 0.1) is 6.92 Å². The van der Waals surface area contributed by atoms with Crippen LogP contribution in [0.4, 0.5) is 19.1 Å². The largest absolute Gasteiger partial charge is 0.439 e. The van der Waals surface area contributed by atoms with Crippen molar-refractivity contribution in [3.05, 3.63) is 41.6 Å². The van der Waals surface area contributed by atoms with Crippen molar-refractivity contribution in [2.24, 2.45) is 5.84 Å². The number of aryl methyl sites for hydroxylation is 1. The summed E-state index contributed by atoms with van der Waals surface area (Å²) in [6.45, 7) is 1.67. The predicted molar refractivity (Wildman–Crippen MR) is 66.1 cm³/mol. The molecule has 0 amide bonds. The van der Waals surface area contributed by atoms with Crippen LogP contribution in [0.15, 0.2) is 30.5 Å². The number of nitrogen functional groups attached to an aromatic ring is 1. The van der Waals surface area contributed by atoms with Crippen LogP contribution in [0.2, 0.25) is 0 Å². The number of anilines is 1. The van der Waals surface area contributed by atoms with Crippen LogP contribution >= 0.6 is 0 Å². The second-order valence-corrected chi connectivity index (χ2v) is 3.95. The van der Waals surface area contributed by atoms with Crippen molar-refractivity contribution in [2.45, 2.75) is 13.1 Å². The van der Waals surface area contributed by atoms with Crippen LogP contribution in [0.5, 0.6) is 11.6 Å². The summed E-state index contributed by atoms with van der Waals surface area (Å²) in [7, 11) is 0. The molecule has 0 spiro atoms. The van der Waals surface area contributed by atoms with Gasteiger partial charge in [0.2, 0.25) is 11.8 Å². The lowest BCUT2D eigenvalue weighted by molar-refractivity contribution is -0.137. The molecule has 8 heteroatoms. The molecule has 5 nitrogen and oxygen atoms in total. The predicted octanol–water partition coefficient (Wildman–Crippen LogP) is 2.88. The van der Waals surface area contributed by atoms with Crippen molar-refractivity contribution >= 4 is 5.95 Å². The van der Waals surface area contributed by atoms with Crippen LogP contribution in [0.3, 0.4) is 0 Å². The number of halogens is 3. The van der Waals surface area contributed by atoms with Crippen molar-refractivity contribution in [3.8, 4) is 11.6 Å². The zero-order valence-electron chi connectivity index (χ0n) is 10.4. The van der Waals surface area contributed by atoms with E-state index in [9.17, 15) is 13.2 Å².